The molecule has 0 radical (unpaired) electrons. The number of rotatable bonds is 5. The van der Waals surface area contributed by atoms with Gasteiger partial charge in [-0.2, -0.15) is 0 Å². The standard InChI is InChI=1S/C14H19N3O2S/c15-13(18)9-20-12-7-2-1-5-10(12)17-14(19)11-6-3-4-8-16-11/h1-2,5,7,11,16H,3-4,6,8-9H2,(H2,15,18)(H,17,19). The third-order valence-electron chi connectivity index (χ3n) is 3.14. The van der Waals surface area contributed by atoms with Gasteiger partial charge in [0.2, 0.25) is 11.8 Å². The molecule has 2 rings (SSSR count). The molecule has 1 heterocycles. The van der Waals surface area contributed by atoms with E-state index in [2.05, 4.69) is 10.6 Å². The molecule has 6 heteroatoms. The van der Waals surface area contributed by atoms with Crippen LogP contribution in [0, 0.1) is 0 Å². The van der Waals surface area contributed by atoms with Crippen LogP contribution in [0.2, 0.25) is 0 Å². The Morgan fingerprint density at radius 3 is 2.85 bits per heavy atom. The summed E-state index contributed by atoms with van der Waals surface area (Å²) in [6.45, 7) is 0.885. The van der Waals surface area contributed by atoms with E-state index in [0.717, 1.165) is 36.4 Å². The Balaban J connectivity index is 2.00. The van der Waals surface area contributed by atoms with Gasteiger partial charge >= 0.3 is 0 Å². The van der Waals surface area contributed by atoms with Crippen molar-refractivity contribution in [2.75, 3.05) is 17.6 Å². The van der Waals surface area contributed by atoms with Gasteiger partial charge < -0.3 is 16.4 Å². The van der Waals surface area contributed by atoms with Gasteiger partial charge in [-0.3, -0.25) is 9.59 Å². The second-order valence-corrected chi connectivity index (χ2v) is 5.76. The fraction of sp³-hybridized carbons (Fsp3) is 0.429. The summed E-state index contributed by atoms with van der Waals surface area (Å²) in [6, 6.07) is 7.32. The molecule has 0 saturated carbocycles. The van der Waals surface area contributed by atoms with E-state index in [1.54, 1.807) is 0 Å². The number of hydrogen-bond acceptors (Lipinski definition) is 4. The van der Waals surface area contributed by atoms with E-state index >= 15 is 0 Å². The molecule has 1 aliphatic rings. The Labute approximate surface area is 122 Å². The number of piperidine rings is 1. The highest BCUT2D eigenvalue weighted by molar-refractivity contribution is 8.00. The van der Waals surface area contributed by atoms with Crippen LogP contribution < -0.4 is 16.4 Å². The van der Waals surface area contributed by atoms with Crippen molar-refractivity contribution in [1.29, 1.82) is 0 Å². The van der Waals surface area contributed by atoms with Gasteiger partial charge in [0.25, 0.3) is 0 Å². The zero-order valence-corrected chi connectivity index (χ0v) is 12.0. The molecule has 0 spiro atoms. The van der Waals surface area contributed by atoms with Crippen LogP contribution in [0.25, 0.3) is 0 Å². The first-order valence-electron chi connectivity index (χ1n) is 6.71. The molecular weight excluding hydrogens is 274 g/mol. The van der Waals surface area contributed by atoms with Gasteiger partial charge in [0, 0.05) is 4.90 Å². The number of carbonyl (C=O) groups excluding carboxylic acids is 2. The highest BCUT2D eigenvalue weighted by Crippen LogP contribution is 2.27. The predicted molar refractivity (Wildman–Crippen MR) is 80.6 cm³/mol. The normalized spacial score (nSPS) is 18.5. The summed E-state index contributed by atoms with van der Waals surface area (Å²) in [6.07, 6.45) is 3.06. The molecule has 0 bridgehead atoms. The minimum Gasteiger partial charge on any atom is -0.369 e. The Morgan fingerprint density at radius 2 is 2.15 bits per heavy atom. The van der Waals surface area contributed by atoms with Gasteiger partial charge in [0.1, 0.15) is 0 Å². The van der Waals surface area contributed by atoms with Crippen LogP contribution >= 0.6 is 11.8 Å². The number of primary amides is 1. The molecule has 108 valence electrons. The first kappa shape index (κ1) is 14.9. The third-order valence-corrected chi connectivity index (χ3v) is 4.24. The summed E-state index contributed by atoms with van der Waals surface area (Å²) in [4.78, 5) is 23.9. The highest BCUT2D eigenvalue weighted by atomic mass is 32.2. The molecule has 20 heavy (non-hydrogen) atoms. The first-order valence-corrected chi connectivity index (χ1v) is 7.70. The quantitative estimate of drug-likeness (QED) is 0.715. The molecule has 0 aromatic heterocycles. The zero-order chi connectivity index (χ0) is 14.4. The zero-order valence-electron chi connectivity index (χ0n) is 11.2. The highest BCUT2D eigenvalue weighted by Gasteiger charge is 2.21. The molecule has 1 unspecified atom stereocenters. The fourth-order valence-corrected chi connectivity index (χ4v) is 2.89. The van der Waals surface area contributed by atoms with E-state index < -0.39 is 0 Å². The second kappa shape index (κ2) is 7.31. The number of carbonyl (C=O) groups is 2. The van der Waals surface area contributed by atoms with Gasteiger partial charge in [-0.1, -0.05) is 18.6 Å². The molecule has 5 nitrogen and oxygen atoms in total. The van der Waals surface area contributed by atoms with Crippen molar-refractivity contribution in [3.8, 4) is 0 Å². The Hall–Kier alpha value is -1.53. The van der Waals surface area contributed by atoms with Crippen molar-refractivity contribution in [1.82, 2.24) is 5.32 Å². The smallest absolute Gasteiger partial charge is 0.241 e. The van der Waals surface area contributed by atoms with E-state index in [-0.39, 0.29) is 23.6 Å². The topological polar surface area (TPSA) is 84.2 Å². The van der Waals surface area contributed by atoms with E-state index in [1.807, 2.05) is 24.3 Å². The van der Waals surface area contributed by atoms with Gasteiger partial charge in [-0.25, -0.2) is 0 Å². The Bertz CT molecular complexity index is 487. The summed E-state index contributed by atoms with van der Waals surface area (Å²) in [5.74, 6) is -0.184. The van der Waals surface area contributed by atoms with E-state index in [1.165, 1.54) is 11.8 Å². The number of anilines is 1. The van der Waals surface area contributed by atoms with Crippen molar-refractivity contribution < 1.29 is 9.59 Å². The first-order chi connectivity index (χ1) is 9.66. The van der Waals surface area contributed by atoms with Crippen LogP contribution in [0.3, 0.4) is 0 Å². The van der Waals surface area contributed by atoms with Crippen molar-refractivity contribution in [2.24, 2.45) is 5.73 Å². The monoisotopic (exact) mass is 293 g/mol. The Morgan fingerprint density at radius 1 is 1.35 bits per heavy atom. The largest absolute Gasteiger partial charge is 0.369 e. The second-order valence-electron chi connectivity index (χ2n) is 4.74. The van der Waals surface area contributed by atoms with Gasteiger partial charge in [0.15, 0.2) is 0 Å². The van der Waals surface area contributed by atoms with E-state index in [4.69, 9.17) is 5.73 Å². The lowest BCUT2D eigenvalue weighted by Gasteiger charge is -2.23. The lowest BCUT2D eigenvalue weighted by Crippen LogP contribution is -2.43. The molecule has 1 saturated heterocycles. The number of benzene rings is 1. The van der Waals surface area contributed by atoms with Crippen molar-refractivity contribution in [3.63, 3.8) is 0 Å². The van der Waals surface area contributed by atoms with E-state index in [9.17, 15) is 9.59 Å². The maximum Gasteiger partial charge on any atom is 0.241 e. The molecule has 1 atom stereocenters. The van der Waals surface area contributed by atoms with Gasteiger partial charge in [-0.05, 0) is 31.5 Å². The van der Waals surface area contributed by atoms with Crippen LogP contribution in [-0.4, -0.2) is 30.2 Å². The van der Waals surface area contributed by atoms with Crippen molar-refractivity contribution in [3.05, 3.63) is 24.3 Å². The van der Waals surface area contributed by atoms with Crippen LogP contribution in [0.15, 0.2) is 29.2 Å². The number of amides is 2. The van der Waals surface area contributed by atoms with E-state index in [0.29, 0.717) is 0 Å². The average Bonchev–Trinajstić information content (AvgIpc) is 2.47. The number of para-hydroxylation sites is 1. The molecular formula is C14H19N3O2S. The predicted octanol–water partition coefficient (Wildman–Crippen LogP) is 1.34. The fourth-order valence-electron chi connectivity index (χ4n) is 2.14. The minimum atomic E-state index is -0.370. The van der Waals surface area contributed by atoms with Crippen LogP contribution in [-0.2, 0) is 9.59 Å². The van der Waals surface area contributed by atoms with Crippen LogP contribution in [0.5, 0.6) is 0 Å². The third kappa shape index (κ3) is 4.25. The minimum absolute atomic E-state index is 0.0168. The molecule has 1 fully saturated rings. The van der Waals surface area contributed by atoms with Crippen molar-refractivity contribution in [2.45, 2.75) is 30.2 Å². The maximum atomic E-state index is 12.2. The number of hydrogen-bond donors (Lipinski definition) is 3. The van der Waals surface area contributed by atoms with Gasteiger partial charge in [0.05, 0.1) is 17.5 Å². The maximum absolute atomic E-state index is 12.2. The number of thioether (sulfide) groups is 1. The summed E-state index contributed by atoms with van der Waals surface area (Å²) in [5, 5.41) is 6.15. The summed E-state index contributed by atoms with van der Waals surface area (Å²) < 4.78 is 0. The lowest BCUT2D eigenvalue weighted by atomic mass is 10.0. The molecule has 4 N–H and O–H groups in total. The molecule has 1 aromatic carbocycles. The van der Waals surface area contributed by atoms with Crippen LogP contribution in [0.4, 0.5) is 5.69 Å². The Kier molecular flexibility index (Phi) is 5.43. The number of nitrogens with two attached hydrogens (primary N) is 1. The molecule has 1 aliphatic heterocycles. The summed E-state index contributed by atoms with van der Waals surface area (Å²) in [7, 11) is 0. The SMILES string of the molecule is NC(=O)CSc1ccccc1NC(=O)C1CCCCN1. The summed E-state index contributed by atoms with van der Waals surface area (Å²) in [5.41, 5.74) is 5.88. The van der Waals surface area contributed by atoms with Crippen molar-refractivity contribution >= 4 is 29.3 Å². The van der Waals surface area contributed by atoms with Gasteiger partial charge in [-0.15, -0.1) is 11.8 Å². The van der Waals surface area contributed by atoms with Crippen LogP contribution in [0.1, 0.15) is 19.3 Å². The molecule has 1 aromatic rings. The lowest BCUT2D eigenvalue weighted by molar-refractivity contribution is -0.118. The summed E-state index contributed by atoms with van der Waals surface area (Å²) >= 11 is 1.33. The molecule has 2 amide bonds. The number of nitrogens with one attached hydrogen (secondary N) is 2. The molecule has 0 aliphatic carbocycles. The average molecular weight is 293 g/mol.